The number of carbonyl (C=O) groups excluding carboxylic acids is 1. The van der Waals surface area contributed by atoms with Gasteiger partial charge in [-0.15, -0.1) is 0 Å². The summed E-state index contributed by atoms with van der Waals surface area (Å²) in [6.45, 7) is 1.64. The number of amides is 1. The SMILES string of the molecule is COc1ccc(C(=O)N(Cc2cc(OC)c(OC)c(OC)c2)C[C@@H]2CCCO2)cc1. The van der Waals surface area contributed by atoms with Crippen molar-refractivity contribution in [3.05, 3.63) is 47.5 Å². The van der Waals surface area contributed by atoms with Crippen molar-refractivity contribution in [2.24, 2.45) is 0 Å². The number of methoxy groups -OCH3 is 4. The fourth-order valence-corrected chi connectivity index (χ4v) is 3.62. The third kappa shape index (κ3) is 4.97. The smallest absolute Gasteiger partial charge is 0.254 e. The number of hydrogen-bond donors (Lipinski definition) is 0. The summed E-state index contributed by atoms with van der Waals surface area (Å²) in [6, 6.07) is 10.9. The molecular weight excluding hydrogens is 386 g/mol. The van der Waals surface area contributed by atoms with Crippen molar-refractivity contribution in [2.75, 3.05) is 41.6 Å². The van der Waals surface area contributed by atoms with E-state index in [0.29, 0.717) is 41.7 Å². The minimum absolute atomic E-state index is 0.0363. The van der Waals surface area contributed by atoms with Gasteiger partial charge in [-0.25, -0.2) is 0 Å². The molecule has 0 unspecified atom stereocenters. The summed E-state index contributed by atoms with van der Waals surface area (Å²) in [7, 11) is 6.32. The van der Waals surface area contributed by atoms with Crippen molar-refractivity contribution in [2.45, 2.75) is 25.5 Å². The van der Waals surface area contributed by atoms with E-state index in [0.717, 1.165) is 25.0 Å². The van der Waals surface area contributed by atoms with Crippen molar-refractivity contribution in [1.29, 1.82) is 0 Å². The van der Waals surface area contributed by atoms with E-state index in [1.165, 1.54) is 0 Å². The normalized spacial score (nSPS) is 15.5. The number of ether oxygens (including phenoxy) is 5. The Balaban J connectivity index is 1.89. The first-order valence-corrected chi connectivity index (χ1v) is 9.93. The van der Waals surface area contributed by atoms with Crippen LogP contribution in [-0.2, 0) is 11.3 Å². The molecule has 0 saturated carbocycles. The van der Waals surface area contributed by atoms with E-state index in [2.05, 4.69) is 0 Å². The monoisotopic (exact) mass is 415 g/mol. The number of hydrogen-bond acceptors (Lipinski definition) is 6. The highest BCUT2D eigenvalue weighted by Crippen LogP contribution is 2.38. The third-order valence-corrected chi connectivity index (χ3v) is 5.17. The first kappa shape index (κ1) is 21.8. The highest BCUT2D eigenvalue weighted by Gasteiger charge is 2.25. The Morgan fingerprint density at radius 3 is 2.17 bits per heavy atom. The van der Waals surface area contributed by atoms with Crippen molar-refractivity contribution < 1.29 is 28.5 Å². The first-order chi connectivity index (χ1) is 14.6. The standard InChI is InChI=1S/C23H29NO6/c1-26-18-9-7-17(8-10-18)23(25)24(15-19-6-5-11-30-19)14-16-12-20(27-2)22(29-4)21(13-16)28-3/h7-10,12-13,19H,5-6,11,14-15H2,1-4H3/t19-/m0/s1. The molecule has 0 aromatic heterocycles. The van der Waals surface area contributed by atoms with Gasteiger partial charge in [0.25, 0.3) is 5.91 Å². The fraction of sp³-hybridized carbons (Fsp3) is 0.435. The molecule has 0 spiro atoms. The van der Waals surface area contributed by atoms with Crippen LogP contribution in [0.25, 0.3) is 0 Å². The van der Waals surface area contributed by atoms with E-state index >= 15 is 0 Å². The predicted octanol–water partition coefficient (Wildman–Crippen LogP) is 3.54. The first-order valence-electron chi connectivity index (χ1n) is 9.93. The number of nitrogens with zero attached hydrogens (tertiary/aromatic N) is 1. The van der Waals surface area contributed by atoms with Crippen LogP contribution in [0.15, 0.2) is 36.4 Å². The van der Waals surface area contributed by atoms with Gasteiger partial charge in [0.1, 0.15) is 5.75 Å². The maximum atomic E-state index is 13.3. The summed E-state index contributed by atoms with van der Waals surface area (Å²) in [6.07, 6.45) is 2.00. The van der Waals surface area contributed by atoms with Crippen LogP contribution in [0.4, 0.5) is 0 Å². The Morgan fingerprint density at radius 2 is 1.67 bits per heavy atom. The van der Waals surface area contributed by atoms with E-state index in [1.54, 1.807) is 57.6 Å². The van der Waals surface area contributed by atoms with Gasteiger partial charge in [0.05, 0.1) is 34.5 Å². The summed E-state index contributed by atoms with van der Waals surface area (Å²) < 4.78 is 27.3. The van der Waals surface area contributed by atoms with Crippen LogP contribution < -0.4 is 18.9 Å². The number of benzene rings is 2. The van der Waals surface area contributed by atoms with Crippen molar-refractivity contribution in [3.63, 3.8) is 0 Å². The van der Waals surface area contributed by atoms with Crippen LogP contribution in [0.1, 0.15) is 28.8 Å². The van der Waals surface area contributed by atoms with Gasteiger partial charge in [0, 0.05) is 25.3 Å². The quantitative estimate of drug-likeness (QED) is 0.624. The third-order valence-electron chi connectivity index (χ3n) is 5.17. The Hall–Kier alpha value is -2.93. The molecule has 0 N–H and O–H groups in total. The average Bonchev–Trinajstić information content (AvgIpc) is 3.30. The molecule has 162 valence electrons. The molecular formula is C23H29NO6. The zero-order valence-corrected chi connectivity index (χ0v) is 18.0. The second kappa shape index (κ2) is 10.2. The van der Waals surface area contributed by atoms with Crippen LogP contribution in [-0.4, -0.2) is 58.5 Å². The van der Waals surface area contributed by atoms with Gasteiger partial charge in [0.2, 0.25) is 5.75 Å². The zero-order chi connectivity index (χ0) is 21.5. The van der Waals surface area contributed by atoms with Crippen molar-refractivity contribution >= 4 is 5.91 Å². The average molecular weight is 415 g/mol. The molecule has 3 rings (SSSR count). The van der Waals surface area contributed by atoms with E-state index in [9.17, 15) is 4.79 Å². The zero-order valence-electron chi connectivity index (χ0n) is 18.0. The minimum Gasteiger partial charge on any atom is -0.497 e. The largest absolute Gasteiger partial charge is 0.497 e. The molecule has 1 saturated heterocycles. The summed E-state index contributed by atoms with van der Waals surface area (Å²) in [5.74, 6) is 2.28. The van der Waals surface area contributed by atoms with Gasteiger partial charge < -0.3 is 28.6 Å². The second-order valence-electron chi connectivity index (χ2n) is 7.08. The molecule has 30 heavy (non-hydrogen) atoms. The Morgan fingerprint density at radius 1 is 1.00 bits per heavy atom. The van der Waals surface area contributed by atoms with Gasteiger partial charge in [-0.1, -0.05) is 0 Å². The van der Waals surface area contributed by atoms with Gasteiger partial charge in [0.15, 0.2) is 11.5 Å². The maximum absolute atomic E-state index is 13.3. The summed E-state index contributed by atoms with van der Waals surface area (Å²) in [5, 5.41) is 0. The topological polar surface area (TPSA) is 66.5 Å². The van der Waals surface area contributed by atoms with Gasteiger partial charge in [-0.3, -0.25) is 4.79 Å². The van der Waals surface area contributed by atoms with Crippen molar-refractivity contribution in [3.8, 4) is 23.0 Å². The number of carbonyl (C=O) groups is 1. The van der Waals surface area contributed by atoms with E-state index < -0.39 is 0 Å². The summed E-state index contributed by atoms with van der Waals surface area (Å²) >= 11 is 0. The molecule has 2 aromatic carbocycles. The highest BCUT2D eigenvalue weighted by atomic mass is 16.5. The van der Waals surface area contributed by atoms with Crippen LogP contribution in [0.2, 0.25) is 0 Å². The second-order valence-corrected chi connectivity index (χ2v) is 7.08. The summed E-state index contributed by atoms with van der Waals surface area (Å²) in [5.41, 5.74) is 1.48. The lowest BCUT2D eigenvalue weighted by molar-refractivity contribution is 0.0507. The Kier molecular flexibility index (Phi) is 7.41. The highest BCUT2D eigenvalue weighted by molar-refractivity contribution is 5.94. The lowest BCUT2D eigenvalue weighted by Crippen LogP contribution is -2.37. The molecule has 1 fully saturated rings. The van der Waals surface area contributed by atoms with E-state index in [-0.39, 0.29) is 12.0 Å². The van der Waals surface area contributed by atoms with Crippen LogP contribution >= 0.6 is 0 Å². The molecule has 1 atom stereocenters. The molecule has 1 aliphatic rings. The molecule has 7 heteroatoms. The van der Waals surface area contributed by atoms with Crippen LogP contribution in [0.3, 0.4) is 0 Å². The lowest BCUT2D eigenvalue weighted by atomic mass is 10.1. The molecule has 7 nitrogen and oxygen atoms in total. The van der Waals surface area contributed by atoms with Crippen molar-refractivity contribution in [1.82, 2.24) is 4.90 Å². The van der Waals surface area contributed by atoms with Gasteiger partial charge in [-0.2, -0.15) is 0 Å². The molecule has 0 bridgehead atoms. The molecule has 1 heterocycles. The number of rotatable bonds is 9. The molecule has 2 aromatic rings. The van der Waals surface area contributed by atoms with Crippen LogP contribution in [0.5, 0.6) is 23.0 Å². The summed E-state index contributed by atoms with van der Waals surface area (Å²) in [4.78, 5) is 15.1. The predicted molar refractivity (Wildman–Crippen MR) is 113 cm³/mol. The van der Waals surface area contributed by atoms with Gasteiger partial charge in [-0.05, 0) is 54.8 Å². The molecule has 0 aliphatic carbocycles. The lowest BCUT2D eigenvalue weighted by Gasteiger charge is -2.26. The molecule has 0 radical (unpaired) electrons. The Bertz CT molecular complexity index is 820. The molecule has 1 amide bonds. The van der Waals surface area contributed by atoms with E-state index in [1.807, 2.05) is 12.1 Å². The van der Waals surface area contributed by atoms with E-state index in [4.69, 9.17) is 23.7 Å². The maximum Gasteiger partial charge on any atom is 0.254 e. The Labute approximate surface area is 177 Å². The minimum atomic E-state index is -0.0677. The molecule has 1 aliphatic heterocycles. The van der Waals surface area contributed by atoms with Crippen LogP contribution in [0, 0.1) is 0 Å². The van der Waals surface area contributed by atoms with Gasteiger partial charge >= 0.3 is 0 Å². The fourth-order valence-electron chi connectivity index (χ4n) is 3.62.